The number of halogens is 2. The number of rotatable bonds is 1. The summed E-state index contributed by atoms with van der Waals surface area (Å²) in [6.07, 6.45) is 16.1. The average molecular weight is 424 g/mol. The first-order chi connectivity index (χ1) is 13.6. The van der Waals surface area contributed by atoms with Crippen LogP contribution in [0.4, 0.5) is 0 Å². The zero-order valence-corrected chi connectivity index (χ0v) is 17.5. The van der Waals surface area contributed by atoms with E-state index in [2.05, 4.69) is 36.5 Å². The summed E-state index contributed by atoms with van der Waals surface area (Å²) in [5.74, 6) is 0.321. The molecule has 1 heterocycles. The molecule has 0 saturated heterocycles. The molecule has 0 spiro atoms. The van der Waals surface area contributed by atoms with Gasteiger partial charge in [-0.15, -0.1) is 0 Å². The van der Waals surface area contributed by atoms with Gasteiger partial charge < -0.3 is 0 Å². The van der Waals surface area contributed by atoms with Gasteiger partial charge in [0.15, 0.2) is 0 Å². The van der Waals surface area contributed by atoms with Crippen molar-refractivity contribution < 1.29 is 4.89 Å². The van der Waals surface area contributed by atoms with Crippen LogP contribution in [0.2, 0.25) is 10.0 Å². The lowest BCUT2D eigenvalue weighted by atomic mass is 9.78. The zero-order valence-electron chi connectivity index (χ0n) is 15.1. The summed E-state index contributed by atoms with van der Waals surface area (Å²) < 4.78 is 0. The Morgan fingerprint density at radius 3 is 2.71 bits per heavy atom. The predicted molar refractivity (Wildman–Crippen MR) is 121 cm³/mol. The van der Waals surface area contributed by atoms with E-state index in [0.717, 1.165) is 56.6 Å². The first-order valence-electron chi connectivity index (χ1n) is 9.64. The molecule has 2 aromatic carbocycles. The van der Waals surface area contributed by atoms with Gasteiger partial charge in [0.25, 0.3) is 0 Å². The summed E-state index contributed by atoms with van der Waals surface area (Å²) in [5.41, 5.74) is 3.50. The van der Waals surface area contributed by atoms with Crippen molar-refractivity contribution in [2.24, 2.45) is 5.92 Å². The van der Waals surface area contributed by atoms with Gasteiger partial charge in [-0.1, -0.05) is 47.5 Å². The fourth-order valence-corrected chi connectivity index (χ4v) is 8.93. The minimum absolute atomic E-state index is 0.321. The van der Waals surface area contributed by atoms with Crippen LogP contribution in [0.1, 0.15) is 30.4 Å². The molecule has 0 radical (unpaired) electrons. The molecule has 1 N–H and O–H groups in total. The molecular weight excluding hydrogens is 406 g/mol. The Kier molecular flexibility index (Phi) is 3.66. The van der Waals surface area contributed by atoms with Crippen LogP contribution in [0.25, 0.3) is 17.7 Å². The van der Waals surface area contributed by atoms with Gasteiger partial charge in [0.1, 0.15) is 15.9 Å². The lowest BCUT2D eigenvalue weighted by Crippen LogP contribution is -2.51. The summed E-state index contributed by atoms with van der Waals surface area (Å²) in [7, 11) is -2.77. The molecule has 2 aromatic rings. The van der Waals surface area contributed by atoms with E-state index in [1.54, 1.807) is 0 Å². The van der Waals surface area contributed by atoms with E-state index in [1.165, 1.54) is 10.8 Å². The third-order valence-electron chi connectivity index (χ3n) is 6.33. The van der Waals surface area contributed by atoms with E-state index in [4.69, 9.17) is 23.2 Å². The maximum atomic E-state index is 12.5. The largest absolute Gasteiger partial charge is 0.239 e. The molecule has 0 bridgehead atoms. The van der Waals surface area contributed by atoms with Crippen LogP contribution in [0.3, 0.4) is 0 Å². The minimum atomic E-state index is -2.77. The molecule has 138 valence electrons. The minimum Gasteiger partial charge on any atom is -0.235 e. The highest BCUT2D eigenvalue weighted by Gasteiger charge is 2.53. The first-order valence-corrected chi connectivity index (χ1v) is 12.1. The molecule has 28 heavy (non-hydrogen) atoms. The fraction of sp³-hybridized carbons (Fsp3) is 0.167. The van der Waals surface area contributed by atoms with Crippen LogP contribution >= 0.6 is 30.7 Å². The first kappa shape index (κ1) is 17.2. The van der Waals surface area contributed by atoms with Crippen molar-refractivity contribution in [1.82, 2.24) is 0 Å². The van der Waals surface area contributed by atoms with E-state index >= 15 is 0 Å². The van der Waals surface area contributed by atoms with Gasteiger partial charge in [0.05, 0.1) is 0 Å². The SMILES string of the molecule is O[P+]1(C2=CCCC=C2)c2ccc(Cl)c3c2C2=c4c1cc(Cl)cc4=CCC2C=C3. The summed E-state index contributed by atoms with van der Waals surface area (Å²) in [5, 5.41) is 6.80. The van der Waals surface area contributed by atoms with Gasteiger partial charge >= 0.3 is 0 Å². The highest BCUT2D eigenvalue weighted by molar-refractivity contribution is 7.88. The van der Waals surface area contributed by atoms with E-state index in [9.17, 15) is 4.89 Å². The standard InChI is InChI=1S/C24H18Cl2OP/c25-16-12-15-7-6-14-8-9-18-19(26)10-11-20-24(18)23(14)22(15)21(13-16)28(20,27)17-4-2-1-3-5-17/h2,4-5,7-14,27H,1,3,6H2/q+1. The van der Waals surface area contributed by atoms with Crippen molar-refractivity contribution in [2.75, 3.05) is 0 Å². The second kappa shape index (κ2) is 5.94. The molecule has 0 amide bonds. The lowest BCUT2D eigenvalue weighted by Gasteiger charge is -2.35. The topological polar surface area (TPSA) is 20.2 Å². The monoisotopic (exact) mass is 423 g/mol. The van der Waals surface area contributed by atoms with Crippen LogP contribution < -0.4 is 21.0 Å². The molecule has 0 saturated carbocycles. The van der Waals surface area contributed by atoms with Gasteiger partial charge in [-0.3, -0.25) is 0 Å². The van der Waals surface area contributed by atoms with Crippen LogP contribution in [-0.4, -0.2) is 4.89 Å². The van der Waals surface area contributed by atoms with E-state index < -0.39 is 7.49 Å². The Morgan fingerprint density at radius 2 is 1.89 bits per heavy atom. The van der Waals surface area contributed by atoms with E-state index in [1.807, 2.05) is 24.3 Å². The number of hydrogen-bond acceptors (Lipinski definition) is 1. The third-order valence-corrected chi connectivity index (χ3v) is 10.1. The van der Waals surface area contributed by atoms with Crippen LogP contribution in [0.5, 0.6) is 0 Å². The van der Waals surface area contributed by atoms with Crippen molar-refractivity contribution in [3.8, 4) is 0 Å². The maximum Gasteiger partial charge on any atom is 0.239 e. The molecular formula is C24H18Cl2OP+. The zero-order chi connectivity index (χ0) is 19.0. The summed E-state index contributed by atoms with van der Waals surface area (Å²) >= 11 is 13.1. The number of allylic oxidation sites excluding steroid dienone is 5. The Morgan fingerprint density at radius 1 is 1.00 bits per heavy atom. The molecule has 1 nitrogen and oxygen atoms in total. The number of benzene rings is 2. The normalized spacial score (nSPS) is 25.9. The van der Waals surface area contributed by atoms with Crippen molar-refractivity contribution in [3.63, 3.8) is 0 Å². The highest BCUT2D eigenvalue weighted by Crippen LogP contribution is 2.63. The van der Waals surface area contributed by atoms with Gasteiger partial charge in [0, 0.05) is 38.4 Å². The molecule has 0 aromatic heterocycles. The molecule has 6 rings (SSSR count). The van der Waals surface area contributed by atoms with Crippen molar-refractivity contribution >= 4 is 59.0 Å². The highest BCUT2D eigenvalue weighted by atomic mass is 35.5. The molecule has 0 fully saturated rings. The summed E-state index contributed by atoms with van der Waals surface area (Å²) in [4.78, 5) is 12.5. The van der Waals surface area contributed by atoms with Crippen molar-refractivity contribution in [1.29, 1.82) is 0 Å². The summed E-state index contributed by atoms with van der Waals surface area (Å²) in [6, 6.07) is 8.01. The quantitative estimate of drug-likeness (QED) is 0.672. The molecule has 2 atom stereocenters. The maximum absolute atomic E-state index is 12.5. The fourth-order valence-electron chi connectivity index (χ4n) is 5.12. The Balaban J connectivity index is 1.87. The van der Waals surface area contributed by atoms with E-state index in [-0.39, 0.29) is 0 Å². The van der Waals surface area contributed by atoms with Crippen LogP contribution in [0.15, 0.2) is 53.9 Å². The van der Waals surface area contributed by atoms with Crippen molar-refractivity contribution in [3.05, 3.63) is 85.5 Å². The van der Waals surface area contributed by atoms with Gasteiger partial charge in [0.2, 0.25) is 7.49 Å². The molecule has 3 aliphatic carbocycles. The molecule has 2 unspecified atom stereocenters. The van der Waals surface area contributed by atoms with E-state index in [0.29, 0.717) is 10.9 Å². The summed E-state index contributed by atoms with van der Waals surface area (Å²) in [6.45, 7) is 0. The smallest absolute Gasteiger partial charge is 0.235 e. The Hall–Kier alpha value is -1.63. The van der Waals surface area contributed by atoms with Gasteiger partial charge in [-0.05, 0) is 60.4 Å². The number of hydrogen-bond donors (Lipinski definition) is 1. The van der Waals surface area contributed by atoms with Gasteiger partial charge in [-0.2, -0.15) is 0 Å². The van der Waals surface area contributed by atoms with Crippen LogP contribution in [-0.2, 0) is 0 Å². The van der Waals surface area contributed by atoms with Crippen LogP contribution in [0, 0.1) is 5.92 Å². The average Bonchev–Trinajstić information content (AvgIpc) is 2.72. The molecule has 4 aliphatic rings. The van der Waals surface area contributed by atoms with Gasteiger partial charge in [-0.25, -0.2) is 4.89 Å². The lowest BCUT2D eigenvalue weighted by molar-refractivity contribution is 0.629. The molecule has 4 heteroatoms. The second-order valence-electron chi connectivity index (χ2n) is 7.81. The third kappa shape index (κ3) is 2.11. The second-order valence-corrected chi connectivity index (χ2v) is 11.4. The Labute approximate surface area is 174 Å². The predicted octanol–water partition coefficient (Wildman–Crippen LogP) is 4.44. The van der Waals surface area contributed by atoms with Crippen molar-refractivity contribution in [2.45, 2.75) is 19.3 Å². The Bertz CT molecular complexity index is 1280. The molecule has 1 aliphatic heterocycles.